The molecule has 20 heavy (non-hydrogen) atoms. The smallest absolute Gasteiger partial charge is 0.347 e. The fraction of sp³-hybridized carbons (Fsp3) is 0.231. The van der Waals surface area contributed by atoms with Crippen molar-refractivity contribution in [3.8, 4) is 10.6 Å². The molecule has 2 aromatic rings. The summed E-state index contributed by atoms with van der Waals surface area (Å²) in [5.74, 6) is -0.707. The Balaban J connectivity index is 1.99. The van der Waals surface area contributed by atoms with Crippen LogP contribution in [0, 0.1) is 10.1 Å². The van der Waals surface area contributed by atoms with E-state index in [9.17, 15) is 20.0 Å². The highest BCUT2D eigenvalue weighted by Crippen LogP contribution is 2.44. The minimum absolute atomic E-state index is 0.00572. The maximum absolute atomic E-state index is 11.2. The molecule has 0 atom stereocenters. The summed E-state index contributed by atoms with van der Waals surface area (Å²) in [7, 11) is 0. The maximum Gasteiger partial charge on any atom is 0.347 e. The molecule has 3 rings (SSSR count). The number of hydrogen-bond donors (Lipinski definition) is 1. The lowest BCUT2D eigenvalue weighted by Crippen LogP contribution is -1.97. The molecule has 102 valence electrons. The van der Waals surface area contributed by atoms with Crippen molar-refractivity contribution in [3.05, 3.63) is 45.0 Å². The SMILES string of the molecule is O=C(O)c1sc(-c2ccc([N+](=O)[O-])cc2)nc1C1CC1. The maximum atomic E-state index is 11.2. The van der Waals surface area contributed by atoms with Crippen LogP contribution in [0.5, 0.6) is 0 Å². The van der Waals surface area contributed by atoms with Crippen LogP contribution >= 0.6 is 11.3 Å². The van der Waals surface area contributed by atoms with Crippen molar-refractivity contribution >= 4 is 23.0 Å². The summed E-state index contributed by atoms with van der Waals surface area (Å²) >= 11 is 1.12. The van der Waals surface area contributed by atoms with Crippen molar-refractivity contribution in [2.24, 2.45) is 0 Å². The van der Waals surface area contributed by atoms with Gasteiger partial charge in [-0.1, -0.05) is 0 Å². The predicted octanol–water partition coefficient (Wildman–Crippen LogP) is 3.29. The van der Waals surface area contributed by atoms with Gasteiger partial charge in [-0.2, -0.15) is 0 Å². The zero-order chi connectivity index (χ0) is 14.3. The van der Waals surface area contributed by atoms with Crippen molar-refractivity contribution < 1.29 is 14.8 Å². The standard InChI is InChI=1S/C13H10N2O4S/c16-13(17)11-10(7-1-2-7)14-12(20-11)8-3-5-9(6-4-8)15(18)19/h3-7H,1-2H2,(H,16,17). The van der Waals surface area contributed by atoms with Crippen LogP contribution in [0.4, 0.5) is 5.69 Å². The molecule has 0 radical (unpaired) electrons. The highest BCUT2D eigenvalue weighted by molar-refractivity contribution is 7.17. The third-order valence-electron chi connectivity index (χ3n) is 3.14. The molecule has 0 saturated heterocycles. The van der Waals surface area contributed by atoms with Gasteiger partial charge >= 0.3 is 5.97 Å². The molecular weight excluding hydrogens is 280 g/mol. The number of thiazole rings is 1. The van der Waals surface area contributed by atoms with Gasteiger partial charge in [0.05, 0.1) is 10.6 Å². The first-order valence-corrected chi connectivity index (χ1v) is 6.86. The Bertz CT molecular complexity index is 689. The summed E-state index contributed by atoms with van der Waals surface area (Å²) in [6.45, 7) is 0. The Labute approximate surface area is 117 Å². The molecule has 1 heterocycles. The number of aromatic carboxylic acids is 1. The van der Waals surface area contributed by atoms with Crippen LogP contribution in [0.1, 0.15) is 34.1 Å². The van der Waals surface area contributed by atoms with Crippen molar-refractivity contribution in [3.63, 3.8) is 0 Å². The minimum atomic E-state index is -0.961. The molecule has 0 aliphatic heterocycles. The van der Waals surface area contributed by atoms with E-state index in [-0.39, 0.29) is 16.5 Å². The Morgan fingerprint density at radius 3 is 2.50 bits per heavy atom. The molecule has 1 aromatic carbocycles. The normalized spacial score (nSPS) is 14.2. The van der Waals surface area contributed by atoms with Gasteiger partial charge in [0.2, 0.25) is 0 Å². The zero-order valence-corrected chi connectivity index (χ0v) is 11.1. The van der Waals surface area contributed by atoms with Gasteiger partial charge in [-0.25, -0.2) is 9.78 Å². The summed E-state index contributed by atoms with van der Waals surface area (Å²) in [6.07, 6.45) is 1.95. The van der Waals surface area contributed by atoms with Crippen LogP contribution in [0.25, 0.3) is 10.6 Å². The molecule has 0 amide bonds. The highest BCUT2D eigenvalue weighted by atomic mass is 32.1. The number of hydrogen-bond acceptors (Lipinski definition) is 5. The molecular formula is C13H10N2O4S. The molecule has 1 fully saturated rings. The lowest BCUT2D eigenvalue weighted by atomic mass is 10.2. The highest BCUT2D eigenvalue weighted by Gasteiger charge is 2.32. The first kappa shape index (κ1) is 12.7. The van der Waals surface area contributed by atoms with E-state index < -0.39 is 10.9 Å². The van der Waals surface area contributed by atoms with Gasteiger partial charge in [0.1, 0.15) is 9.88 Å². The number of carboxylic acids is 1. The second kappa shape index (κ2) is 4.68. The third-order valence-corrected chi connectivity index (χ3v) is 4.24. The van der Waals surface area contributed by atoms with Gasteiger partial charge in [-0.3, -0.25) is 10.1 Å². The number of carbonyl (C=O) groups is 1. The average Bonchev–Trinajstić information content (AvgIpc) is 3.17. The lowest BCUT2D eigenvalue weighted by molar-refractivity contribution is -0.384. The molecule has 6 nitrogen and oxygen atoms in total. The van der Waals surface area contributed by atoms with Crippen molar-refractivity contribution in [1.82, 2.24) is 4.98 Å². The number of rotatable bonds is 4. The number of aromatic nitrogens is 1. The van der Waals surface area contributed by atoms with Gasteiger partial charge in [-0.15, -0.1) is 11.3 Å². The van der Waals surface area contributed by atoms with Crippen molar-refractivity contribution in [1.29, 1.82) is 0 Å². The summed E-state index contributed by atoms with van der Waals surface area (Å²) in [6, 6.07) is 5.99. The summed E-state index contributed by atoms with van der Waals surface area (Å²) in [4.78, 5) is 26.0. The summed E-state index contributed by atoms with van der Waals surface area (Å²) < 4.78 is 0. The van der Waals surface area contributed by atoms with Gasteiger partial charge in [0.25, 0.3) is 5.69 Å². The fourth-order valence-corrected chi connectivity index (χ4v) is 2.96. The molecule has 1 aromatic heterocycles. The Morgan fingerprint density at radius 1 is 1.35 bits per heavy atom. The Kier molecular flexibility index (Phi) is 2.98. The van der Waals surface area contributed by atoms with E-state index in [4.69, 9.17) is 0 Å². The van der Waals surface area contributed by atoms with Crippen LogP contribution in [0.15, 0.2) is 24.3 Å². The van der Waals surface area contributed by atoms with Gasteiger partial charge in [0, 0.05) is 23.6 Å². The second-order valence-corrected chi connectivity index (χ2v) is 5.62. The molecule has 0 unspecified atom stereocenters. The molecule has 0 spiro atoms. The molecule has 0 bridgehead atoms. The van der Waals surface area contributed by atoms with Crippen LogP contribution in [-0.4, -0.2) is 21.0 Å². The van der Waals surface area contributed by atoms with E-state index in [2.05, 4.69) is 4.98 Å². The number of nitro benzene ring substituents is 1. The van der Waals surface area contributed by atoms with Crippen LogP contribution in [-0.2, 0) is 0 Å². The Hall–Kier alpha value is -2.28. The van der Waals surface area contributed by atoms with E-state index >= 15 is 0 Å². The first-order valence-electron chi connectivity index (χ1n) is 6.05. The summed E-state index contributed by atoms with van der Waals surface area (Å²) in [5, 5.41) is 20.4. The number of non-ortho nitro benzene ring substituents is 1. The molecule has 1 N–H and O–H groups in total. The van der Waals surface area contributed by atoms with E-state index in [0.717, 1.165) is 24.2 Å². The average molecular weight is 290 g/mol. The number of carboxylic acid groups (broad SMARTS) is 1. The summed E-state index contributed by atoms with van der Waals surface area (Å²) in [5.41, 5.74) is 1.36. The van der Waals surface area contributed by atoms with Gasteiger partial charge in [-0.05, 0) is 25.0 Å². The number of nitro groups is 1. The van der Waals surface area contributed by atoms with Crippen molar-refractivity contribution in [2.45, 2.75) is 18.8 Å². The molecule has 7 heteroatoms. The van der Waals surface area contributed by atoms with Gasteiger partial charge in [0.15, 0.2) is 0 Å². The molecule has 1 saturated carbocycles. The minimum Gasteiger partial charge on any atom is -0.477 e. The van der Waals surface area contributed by atoms with Crippen LogP contribution in [0.2, 0.25) is 0 Å². The second-order valence-electron chi connectivity index (χ2n) is 4.62. The van der Waals surface area contributed by atoms with E-state index in [0.29, 0.717) is 16.3 Å². The number of benzene rings is 1. The predicted molar refractivity (Wildman–Crippen MR) is 73.1 cm³/mol. The Morgan fingerprint density at radius 2 is 2.00 bits per heavy atom. The van der Waals surface area contributed by atoms with Crippen LogP contribution < -0.4 is 0 Å². The van der Waals surface area contributed by atoms with E-state index in [1.807, 2.05) is 0 Å². The van der Waals surface area contributed by atoms with Crippen molar-refractivity contribution in [2.75, 3.05) is 0 Å². The number of nitrogens with zero attached hydrogens (tertiary/aromatic N) is 2. The topological polar surface area (TPSA) is 93.3 Å². The molecule has 1 aliphatic rings. The van der Waals surface area contributed by atoms with E-state index in [1.54, 1.807) is 12.1 Å². The monoisotopic (exact) mass is 290 g/mol. The molecule has 1 aliphatic carbocycles. The van der Waals surface area contributed by atoms with Gasteiger partial charge < -0.3 is 5.11 Å². The largest absolute Gasteiger partial charge is 0.477 e. The quantitative estimate of drug-likeness (QED) is 0.688. The first-order chi connectivity index (χ1) is 9.56. The van der Waals surface area contributed by atoms with Crippen LogP contribution in [0.3, 0.4) is 0 Å². The fourth-order valence-electron chi connectivity index (χ4n) is 1.97. The zero-order valence-electron chi connectivity index (χ0n) is 10.3. The van der Waals surface area contributed by atoms with E-state index in [1.165, 1.54) is 12.1 Å². The lowest BCUT2D eigenvalue weighted by Gasteiger charge is -1.95. The third kappa shape index (κ3) is 2.27.